The van der Waals surface area contributed by atoms with Crippen LogP contribution in [0.15, 0.2) is 59.0 Å². The number of anilines is 1. The van der Waals surface area contributed by atoms with E-state index in [9.17, 15) is 9.59 Å². The van der Waals surface area contributed by atoms with Crippen LogP contribution in [0.1, 0.15) is 20.9 Å². The molecule has 2 aromatic carbocycles. The average Bonchev–Trinajstić information content (AvgIpc) is 3.13. The lowest BCUT2D eigenvalue weighted by atomic mass is 10.1. The summed E-state index contributed by atoms with van der Waals surface area (Å²) in [4.78, 5) is 24.2. The van der Waals surface area contributed by atoms with Crippen LogP contribution < -0.4 is 5.32 Å². The number of para-hydroxylation sites is 1. The van der Waals surface area contributed by atoms with Crippen molar-refractivity contribution in [2.45, 2.75) is 0 Å². The molecule has 0 radical (unpaired) electrons. The molecule has 26 heavy (non-hydrogen) atoms. The van der Waals surface area contributed by atoms with E-state index in [-0.39, 0.29) is 11.3 Å². The van der Waals surface area contributed by atoms with Crippen LogP contribution in [0.25, 0.3) is 11.3 Å². The summed E-state index contributed by atoms with van der Waals surface area (Å²) in [6, 6.07) is 14.6. The van der Waals surface area contributed by atoms with Crippen molar-refractivity contribution in [1.82, 2.24) is 0 Å². The third-order valence-electron chi connectivity index (χ3n) is 3.60. The molecule has 0 aliphatic heterocycles. The molecule has 1 aromatic heterocycles. The van der Waals surface area contributed by atoms with Crippen molar-refractivity contribution in [3.05, 3.63) is 76.0 Å². The Hall–Kier alpha value is -2.76. The second-order valence-corrected chi connectivity index (χ2v) is 6.12. The molecule has 0 atom stereocenters. The van der Waals surface area contributed by atoms with E-state index >= 15 is 0 Å². The largest absolute Gasteiger partial charge is 0.465 e. The number of benzene rings is 2. The Balaban J connectivity index is 1.86. The quantitative estimate of drug-likeness (QED) is 0.615. The molecule has 0 spiro atoms. The summed E-state index contributed by atoms with van der Waals surface area (Å²) in [5.74, 6) is -0.586. The standard InChI is InChI=1S/C19H13Cl2NO4/c1-25-19(24)12-4-2-3-5-15(12)22-18(23)17-9-8-16(26-17)13-10-11(20)6-7-14(13)21/h2-10H,1H3,(H,22,23). The maximum atomic E-state index is 12.5. The smallest absolute Gasteiger partial charge is 0.339 e. The summed E-state index contributed by atoms with van der Waals surface area (Å²) >= 11 is 12.1. The Morgan fingerprint density at radius 1 is 1.04 bits per heavy atom. The van der Waals surface area contributed by atoms with Crippen LogP contribution in [-0.4, -0.2) is 19.0 Å². The van der Waals surface area contributed by atoms with Crippen LogP contribution in [0, 0.1) is 0 Å². The van der Waals surface area contributed by atoms with E-state index in [1.807, 2.05) is 0 Å². The fourth-order valence-corrected chi connectivity index (χ4v) is 2.74. The summed E-state index contributed by atoms with van der Waals surface area (Å²) in [5, 5.41) is 3.59. The first-order valence-corrected chi connectivity index (χ1v) is 8.29. The van der Waals surface area contributed by atoms with Crippen molar-refractivity contribution in [2.75, 3.05) is 12.4 Å². The maximum absolute atomic E-state index is 12.5. The number of ether oxygens (including phenoxy) is 1. The number of furan rings is 1. The number of methoxy groups -OCH3 is 1. The molecule has 0 saturated heterocycles. The highest BCUT2D eigenvalue weighted by Gasteiger charge is 2.18. The van der Waals surface area contributed by atoms with Gasteiger partial charge < -0.3 is 14.5 Å². The molecule has 1 heterocycles. The number of amides is 1. The molecule has 0 unspecified atom stereocenters. The van der Waals surface area contributed by atoms with Gasteiger partial charge in [0, 0.05) is 10.6 Å². The first-order valence-electron chi connectivity index (χ1n) is 7.53. The van der Waals surface area contributed by atoms with E-state index in [0.717, 1.165) is 0 Å². The fourth-order valence-electron chi connectivity index (χ4n) is 2.35. The SMILES string of the molecule is COC(=O)c1ccccc1NC(=O)c1ccc(-c2cc(Cl)ccc2Cl)o1. The molecular formula is C19H13Cl2NO4. The lowest BCUT2D eigenvalue weighted by molar-refractivity contribution is 0.0602. The molecule has 1 amide bonds. The second kappa shape index (κ2) is 7.64. The number of halogens is 2. The number of hydrogen-bond acceptors (Lipinski definition) is 4. The Morgan fingerprint density at radius 2 is 1.81 bits per heavy atom. The Kier molecular flexibility index (Phi) is 5.30. The normalized spacial score (nSPS) is 10.4. The topological polar surface area (TPSA) is 68.5 Å². The van der Waals surface area contributed by atoms with Crippen LogP contribution in [0.3, 0.4) is 0 Å². The third kappa shape index (κ3) is 3.74. The van der Waals surface area contributed by atoms with Crippen molar-refractivity contribution >= 4 is 40.8 Å². The van der Waals surface area contributed by atoms with Crippen LogP contribution >= 0.6 is 23.2 Å². The van der Waals surface area contributed by atoms with Gasteiger partial charge in [0.2, 0.25) is 0 Å². The Labute approximate surface area is 159 Å². The van der Waals surface area contributed by atoms with Gasteiger partial charge in [0.25, 0.3) is 5.91 Å². The van der Waals surface area contributed by atoms with Crippen molar-refractivity contribution in [1.29, 1.82) is 0 Å². The predicted molar refractivity (Wildman–Crippen MR) is 99.9 cm³/mol. The lowest BCUT2D eigenvalue weighted by Gasteiger charge is -2.08. The number of carbonyl (C=O) groups excluding carboxylic acids is 2. The summed E-state index contributed by atoms with van der Waals surface area (Å²) in [6.45, 7) is 0. The number of carbonyl (C=O) groups is 2. The van der Waals surface area contributed by atoms with E-state index in [1.165, 1.54) is 13.2 Å². The van der Waals surface area contributed by atoms with Gasteiger partial charge in [-0.05, 0) is 42.5 Å². The van der Waals surface area contributed by atoms with E-state index in [0.29, 0.717) is 27.1 Å². The summed E-state index contributed by atoms with van der Waals surface area (Å²) in [5.41, 5.74) is 1.14. The number of nitrogens with one attached hydrogen (secondary N) is 1. The highest BCUT2D eigenvalue weighted by atomic mass is 35.5. The molecule has 7 heteroatoms. The Bertz CT molecular complexity index is 981. The van der Waals surface area contributed by atoms with Crippen molar-refractivity contribution < 1.29 is 18.7 Å². The van der Waals surface area contributed by atoms with Gasteiger partial charge in [0.15, 0.2) is 5.76 Å². The van der Waals surface area contributed by atoms with Gasteiger partial charge in [-0.15, -0.1) is 0 Å². The molecule has 0 aliphatic rings. The number of hydrogen-bond donors (Lipinski definition) is 1. The van der Waals surface area contributed by atoms with Gasteiger partial charge in [0.1, 0.15) is 5.76 Å². The maximum Gasteiger partial charge on any atom is 0.339 e. The van der Waals surface area contributed by atoms with Crippen molar-refractivity contribution in [3.8, 4) is 11.3 Å². The van der Waals surface area contributed by atoms with E-state index < -0.39 is 11.9 Å². The van der Waals surface area contributed by atoms with Crippen molar-refractivity contribution in [2.24, 2.45) is 0 Å². The number of esters is 1. The van der Waals surface area contributed by atoms with E-state index in [1.54, 1.807) is 48.5 Å². The molecule has 0 saturated carbocycles. The molecule has 0 aliphatic carbocycles. The molecule has 3 aromatic rings. The zero-order valence-electron chi connectivity index (χ0n) is 13.6. The van der Waals surface area contributed by atoms with E-state index in [4.69, 9.17) is 32.4 Å². The molecule has 0 bridgehead atoms. The van der Waals surface area contributed by atoms with E-state index in [2.05, 4.69) is 5.32 Å². The average molecular weight is 390 g/mol. The highest BCUT2D eigenvalue weighted by Crippen LogP contribution is 2.32. The molecule has 132 valence electrons. The molecule has 5 nitrogen and oxygen atoms in total. The minimum absolute atomic E-state index is 0.0655. The van der Waals surface area contributed by atoms with Gasteiger partial charge in [-0.25, -0.2) is 4.79 Å². The van der Waals surface area contributed by atoms with Crippen molar-refractivity contribution in [3.63, 3.8) is 0 Å². The van der Waals surface area contributed by atoms with Crippen LogP contribution in [-0.2, 0) is 4.74 Å². The van der Waals surface area contributed by atoms with Gasteiger partial charge >= 0.3 is 5.97 Å². The molecule has 3 rings (SSSR count). The Morgan fingerprint density at radius 3 is 2.58 bits per heavy atom. The first kappa shape index (κ1) is 18.0. The zero-order valence-corrected chi connectivity index (χ0v) is 15.1. The predicted octanol–water partition coefficient (Wildman–Crippen LogP) is 5.29. The fraction of sp³-hybridized carbons (Fsp3) is 0.0526. The van der Waals surface area contributed by atoms with Gasteiger partial charge in [-0.1, -0.05) is 35.3 Å². The number of rotatable bonds is 4. The monoisotopic (exact) mass is 389 g/mol. The van der Waals surface area contributed by atoms with Crippen LogP contribution in [0.4, 0.5) is 5.69 Å². The summed E-state index contributed by atoms with van der Waals surface area (Å²) in [7, 11) is 1.27. The van der Waals surface area contributed by atoms with Gasteiger partial charge in [-0.2, -0.15) is 0 Å². The third-order valence-corrected chi connectivity index (χ3v) is 4.17. The molecule has 0 fully saturated rings. The van der Waals surface area contributed by atoms with Crippen LogP contribution in [0.5, 0.6) is 0 Å². The van der Waals surface area contributed by atoms with Crippen LogP contribution in [0.2, 0.25) is 10.0 Å². The molecule has 1 N–H and O–H groups in total. The molecular weight excluding hydrogens is 377 g/mol. The summed E-state index contributed by atoms with van der Waals surface area (Å²) in [6.07, 6.45) is 0. The summed E-state index contributed by atoms with van der Waals surface area (Å²) < 4.78 is 10.3. The lowest BCUT2D eigenvalue weighted by Crippen LogP contribution is -2.14. The minimum atomic E-state index is -0.549. The highest BCUT2D eigenvalue weighted by molar-refractivity contribution is 6.35. The minimum Gasteiger partial charge on any atom is -0.465 e. The second-order valence-electron chi connectivity index (χ2n) is 5.28. The first-order chi connectivity index (χ1) is 12.5. The van der Waals surface area contributed by atoms with Gasteiger partial charge in [-0.3, -0.25) is 4.79 Å². The zero-order chi connectivity index (χ0) is 18.7. The van der Waals surface area contributed by atoms with Gasteiger partial charge in [0.05, 0.1) is 23.4 Å².